The predicted molar refractivity (Wildman–Crippen MR) is 123 cm³/mol. The Kier molecular flexibility index (Phi) is 7.39. The van der Waals surface area contributed by atoms with Crippen molar-refractivity contribution in [3.63, 3.8) is 0 Å². The van der Waals surface area contributed by atoms with Crippen LogP contribution in [-0.4, -0.2) is 73.6 Å². The second-order valence-electron chi connectivity index (χ2n) is 8.18. The van der Waals surface area contributed by atoms with Gasteiger partial charge in [-0.25, -0.2) is 8.42 Å². The van der Waals surface area contributed by atoms with Crippen molar-refractivity contribution in [2.45, 2.75) is 42.9 Å². The lowest BCUT2D eigenvalue weighted by molar-refractivity contribution is -0.117. The first kappa shape index (κ1) is 23.1. The summed E-state index contributed by atoms with van der Waals surface area (Å²) in [6.45, 7) is 1.87. The number of hydrogen-bond donors (Lipinski definition) is 1. The smallest absolute Gasteiger partial charge is 0.243 e. The number of nitrogens with zero attached hydrogens (tertiary/aromatic N) is 4. The molecule has 2 fully saturated rings. The summed E-state index contributed by atoms with van der Waals surface area (Å²) < 4.78 is 32.3. The zero-order chi connectivity index (χ0) is 22.6. The van der Waals surface area contributed by atoms with Crippen LogP contribution in [0, 0.1) is 0 Å². The van der Waals surface area contributed by atoms with Crippen LogP contribution in [0.4, 0.5) is 5.13 Å². The molecule has 2 aliphatic rings. The van der Waals surface area contributed by atoms with Crippen molar-refractivity contribution in [3.8, 4) is 5.75 Å². The second kappa shape index (κ2) is 10.2. The van der Waals surface area contributed by atoms with Gasteiger partial charge in [0.25, 0.3) is 0 Å². The van der Waals surface area contributed by atoms with Gasteiger partial charge in [0.2, 0.25) is 21.1 Å². The van der Waals surface area contributed by atoms with Crippen LogP contribution >= 0.6 is 11.3 Å². The van der Waals surface area contributed by atoms with Gasteiger partial charge >= 0.3 is 0 Å². The summed E-state index contributed by atoms with van der Waals surface area (Å²) in [6, 6.07) is 6.39. The van der Waals surface area contributed by atoms with Crippen LogP contribution in [0.15, 0.2) is 29.2 Å². The first-order valence-electron chi connectivity index (χ1n) is 11.0. The van der Waals surface area contributed by atoms with Gasteiger partial charge in [-0.3, -0.25) is 15.0 Å². The summed E-state index contributed by atoms with van der Waals surface area (Å²) in [5.41, 5.74) is 0. The Morgan fingerprint density at radius 3 is 2.44 bits per heavy atom. The lowest BCUT2D eigenvalue weighted by Gasteiger charge is -2.33. The van der Waals surface area contributed by atoms with Crippen LogP contribution in [0.5, 0.6) is 5.75 Å². The van der Waals surface area contributed by atoms with E-state index in [9.17, 15) is 13.2 Å². The lowest BCUT2D eigenvalue weighted by atomic mass is 9.90. The number of carbonyl (C=O) groups is 1. The van der Waals surface area contributed by atoms with Crippen LogP contribution in [0.3, 0.4) is 0 Å². The van der Waals surface area contributed by atoms with E-state index < -0.39 is 10.0 Å². The van der Waals surface area contributed by atoms with Gasteiger partial charge in [0.15, 0.2) is 0 Å². The van der Waals surface area contributed by atoms with Gasteiger partial charge in [0, 0.05) is 32.1 Å². The maximum atomic E-state index is 12.9. The van der Waals surface area contributed by atoms with Crippen molar-refractivity contribution < 1.29 is 17.9 Å². The van der Waals surface area contributed by atoms with Gasteiger partial charge in [0.05, 0.1) is 18.6 Å². The van der Waals surface area contributed by atoms with Crippen LogP contribution < -0.4 is 10.1 Å². The molecule has 0 unspecified atom stereocenters. The molecule has 0 atom stereocenters. The molecule has 1 aromatic carbocycles. The first-order chi connectivity index (χ1) is 15.5. The largest absolute Gasteiger partial charge is 0.497 e. The Hall–Kier alpha value is -2.08. The van der Waals surface area contributed by atoms with Crippen LogP contribution in [0.2, 0.25) is 0 Å². The minimum Gasteiger partial charge on any atom is -0.497 e. The number of rotatable bonds is 7. The van der Waals surface area contributed by atoms with Crippen molar-refractivity contribution in [2.24, 2.45) is 0 Å². The molecule has 4 rings (SSSR count). The number of piperazine rings is 1. The van der Waals surface area contributed by atoms with Gasteiger partial charge in [-0.05, 0) is 37.1 Å². The second-order valence-corrected chi connectivity index (χ2v) is 11.1. The van der Waals surface area contributed by atoms with Crippen molar-refractivity contribution in [1.29, 1.82) is 0 Å². The summed E-state index contributed by atoms with van der Waals surface area (Å²) in [6.07, 6.45) is 6.03. The third-order valence-electron chi connectivity index (χ3n) is 6.04. The normalized spacial score (nSPS) is 19.0. The van der Waals surface area contributed by atoms with Crippen LogP contribution in [-0.2, 0) is 14.8 Å². The standard InChI is InChI=1S/C21H29N5O4S2/c1-30-17-7-9-18(10-8-17)32(28,29)26-13-11-25(12-14-26)15-19(27)22-21-24-23-20(31-21)16-5-3-2-4-6-16/h7-10,16H,2-6,11-15H2,1H3,(H,22,24,27). The Labute approximate surface area is 192 Å². The summed E-state index contributed by atoms with van der Waals surface area (Å²) in [7, 11) is -2.02. The summed E-state index contributed by atoms with van der Waals surface area (Å²) >= 11 is 1.46. The minimum atomic E-state index is -3.56. The number of amides is 1. The van der Waals surface area contributed by atoms with E-state index >= 15 is 0 Å². The molecule has 0 radical (unpaired) electrons. The van der Waals surface area contributed by atoms with Gasteiger partial charge < -0.3 is 4.74 Å². The van der Waals surface area contributed by atoms with Gasteiger partial charge in [0.1, 0.15) is 10.8 Å². The number of methoxy groups -OCH3 is 1. The van der Waals surface area contributed by atoms with E-state index in [0.29, 0.717) is 43.0 Å². The predicted octanol–water partition coefficient (Wildman–Crippen LogP) is 2.54. The zero-order valence-corrected chi connectivity index (χ0v) is 19.8. The van der Waals surface area contributed by atoms with Crippen molar-refractivity contribution in [3.05, 3.63) is 29.3 Å². The fraction of sp³-hybridized carbons (Fsp3) is 0.571. The Morgan fingerprint density at radius 2 is 1.78 bits per heavy atom. The highest BCUT2D eigenvalue weighted by Crippen LogP contribution is 2.35. The maximum Gasteiger partial charge on any atom is 0.243 e. The molecule has 1 aliphatic heterocycles. The minimum absolute atomic E-state index is 0.150. The highest BCUT2D eigenvalue weighted by atomic mass is 32.2. The number of carbonyl (C=O) groups excluding carboxylic acids is 1. The number of aromatic nitrogens is 2. The Balaban J connectivity index is 1.26. The van der Waals surface area contributed by atoms with Gasteiger partial charge in [-0.15, -0.1) is 10.2 Å². The average Bonchev–Trinajstić information content (AvgIpc) is 3.28. The molecule has 1 saturated heterocycles. The molecule has 0 bridgehead atoms. The number of nitrogens with one attached hydrogen (secondary N) is 1. The van der Waals surface area contributed by atoms with E-state index in [1.807, 2.05) is 4.90 Å². The van der Waals surface area contributed by atoms with Gasteiger partial charge in [-0.2, -0.15) is 4.31 Å². The molecule has 174 valence electrons. The lowest BCUT2D eigenvalue weighted by Crippen LogP contribution is -2.50. The summed E-state index contributed by atoms with van der Waals surface area (Å²) in [4.78, 5) is 14.7. The Morgan fingerprint density at radius 1 is 1.09 bits per heavy atom. The first-order valence-corrected chi connectivity index (χ1v) is 13.2. The van der Waals surface area contributed by atoms with E-state index in [4.69, 9.17) is 4.74 Å². The number of hydrogen-bond acceptors (Lipinski definition) is 8. The quantitative estimate of drug-likeness (QED) is 0.651. The molecule has 1 amide bonds. The highest BCUT2D eigenvalue weighted by Gasteiger charge is 2.29. The van der Waals surface area contributed by atoms with E-state index in [2.05, 4.69) is 15.5 Å². The SMILES string of the molecule is COc1ccc(S(=O)(=O)N2CCN(CC(=O)Nc3nnc(C4CCCCC4)s3)CC2)cc1. The van der Waals surface area contributed by atoms with Crippen molar-refractivity contribution >= 4 is 32.4 Å². The monoisotopic (exact) mass is 479 g/mol. The molecule has 32 heavy (non-hydrogen) atoms. The molecular formula is C21H29N5O4S2. The van der Waals surface area contributed by atoms with Crippen LogP contribution in [0.25, 0.3) is 0 Å². The molecule has 1 saturated carbocycles. The third-order valence-corrected chi connectivity index (χ3v) is 8.95. The Bertz CT molecular complexity index is 1010. The average molecular weight is 480 g/mol. The number of anilines is 1. The highest BCUT2D eigenvalue weighted by molar-refractivity contribution is 7.89. The molecule has 1 N–H and O–H groups in total. The number of benzene rings is 1. The molecule has 11 heteroatoms. The molecule has 2 aromatic rings. The topological polar surface area (TPSA) is 105 Å². The van der Waals surface area contributed by atoms with E-state index in [0.717, 1.165) is 17.8 Å². The van der Waals surface area contributed by atoms with Crippen molar-refractivity contribution in [2.75, 3.05) is 45.2 Å². The number of ether oxygens (including phenoxy) is 1. The fourth-order valence-electron chi connectivity index (χ4n) is 4.19. The fourth-order valence-corrected chi connectivity index (χ4v) is 6.54. The summed E-state index contributed by atoms with van der Waals surface area (Å²) in [5, 5.41) is 12.8. The maximum absolute atomic E-state index is 12.9. The summed E-state index contributed by atoms with van der Waals surface area (Å²) in [5.74, 6) is 0.927. The molecule has 1 aromatic heterocycles. The molecule has 1 aliphatic carbocycles. The zero-order valence-electron chi connectivity index (χ0n) is 18.2. The third kappa shape index (κ3) is 5.45. The molecule has 9 nitrogen and oxygen atoms in total. The van der Waals surface area contributed by atoms with Crippen LogP contribution in [0.1, 0.15) is 43.0 Å². The van der Waals surface area contributed by atoms with Crippen molar-refractivity contribution in [1.82, 2.24) is 19.4 Å². The van der Waals surface area contributed by atoms with E-state index in [1.165, 1.54) is 34.9 Å². The number of sulfonamides is 1. The molecule has 2 heterocycles. The van der Waals surface area contributed by atoms with E-state index in [1.54, 1.807) is 31.4 Å². The van der Waals surface area contributed by atoms with E-state index in [-0.39, 0.29) is 17.3 Å². The molecule has 0 spiro atoms. The van der Waals surface area contributed by atoms with Gasteiger partial charge in [-0.1, -0.05) is 30.6 Å². The molecular weight excluding hydrogens is 450 g/mol.